The summed E-state index contributed by atoms with van der Waals surface area (Å²) in [6, 6.07) is 14.3. The van der Waals surface area contributed by atoms with E-state index in [0.29, 0.717) is 12.1 Å². The molecule has 0 saturated carbocycles. The van der Waals surface area contributed by atoms with Crippen LogP contribution >= 0.6 is 11.8 Å². The van der Waals surface area contributed by atoms with Crippen molar-refractivity contribution in [1.82, 2.24) is 9.62 Å². The zero-order valence-electron chi connectivity index (χ0n) is 14.5. The van der Waals surface area contributed by atoms with Crippen molar-refractivity contribution < 1.29 is 13.2 Å². The number of carbonyl (C=O) groups is 1. The van der Waals surface area contributed by atoms with Gasteiger partial charge in [-0.1, -0.05) is 23.8 Å². The third-order valence-electron chi connectivity index (χ3n) is 3.55. The molecule has 0 spiro atoms. The van der Waals surface area contributed by atoms with Crippen LogP contribution in [0.3, 0.4) is 0 Å². The molecule has 0 heterocycles. The molecule has 5 nitrogen and oxygen atoms in total. The molecule has 1 amide bonds. The number of aryl methyl sites for hydroxylation is 1. The molecule has 0 aromatic heterocycles. The zero-order chi connectivity index (χ0) is 18.4. The molecular weight excluding hydrogens is 356 g/mol. The van der Waals surface area contributed by atoms with Crippen LogP contribution in [0, 0.1) is 6.92 Å². The van der Waals surface area contributed by atoms with Crippen LogP contribution in [0.4, 0.5) is 0 Å². The van der Waals surface area contributed by atoms with Gasteiger partial charge in [0.2, 0.25) is 10.0 Å². The van der Waals surface area contributed by atoms with Crippen LogP contribution in [0.15, 0.2) is 58.3 Å². The average Bonchev–Trinajstić information content (AvgIpc) is 2.60. The van der Waals surface area contributed by atoms with Crippen LogP contribution < -0.4 is 5.32 Å². The van der Waals surface area contributed by atoms with Crippen molar-refractivity contribution in [2.24, 2.45) is 0 Å². The molecule has 0 aliphatic heterocycles. The number of carbonyl (C=O) groups excluding carboxylic acids is 1. The van der Waals surface area contributed by atoms with E-state index in [4.69, 9.17) is 0 Å². The van der Waals surface area contributed by atoms with Crippen LogP contribution in [0.25, 0.3) is 0 Å². The van der Waals surface area contributed by atoms with E-state index >= 15 is 0 Å². The Bertz CT molecular complexity index is 832. The lowest BCUT2D eigenvalue weighted by atomic mass is 10.2. The molecule has 2 rings (SSSR count). The highest BCUT2D eigenvalue weighted by molar-refractivity contribution is 7.99. The Labute approximate surface area is 153 Å². The number of nitrogens with one attached hydrogen (secondary N) is 1. The lowest BCUT2D eigenvalue weighted by molar-refractivity contribution is 0.0956. The molecule has 0 bridgehead atoms. The number of sulfonamides is 1. The summed E-state index contributed by atoms with van der Waals surface area (Å²) in [5, 5.41) is 2.82. The molecule has 7 heteroatoms. The first-order valence-electron chi connectivity index (χ1n) is 7.81. The van der Waals surface area contributed by atoms with Gasteiger partial charge in [0.05, 0.1) is 4.90 Å². The summed E-state index contributed by atoms with van der Waals surface area (Å²) in [6.07, 6.45) is 0. The van der Waals surface area contributed by atoms with Gasteiger partial charge in [-0.2, -0.15) is 0 Å². The number of benzene rings is 2. The number of nitrogens with zero attached hydrogens (tertiary/aromatic N) is 1. The van der Waals surface area contributed by atoms with Crippen molar-refractivity contribution in [3.8, 4) is 0 Å². The zero-order valence-corrected chi connectivity index (χ0v) is 16.2. The molecule has 134 valence electrons. The van der Waals surface area contributed by atoms with Gasteiger partial charge in [0.25, 0.3) is 5.91 Å². The summed E-state index contributed by atoms with van der Waals surface area (Å²) >= 11 is 1.66. The number of thioether (sulfide) groups is 1. The topological polar surface area (TPSA) is 66.5 Å². The summed E-state index contributed by atoms with van der Waals surface area (Å²) in [6.45, 7) is 2.54. The summed E-state index contributed by atoms with van der Waals surface area (Å²) in [4.78, 5) is 13.5. The molecule has 2 aromatic carbocycles. The first-order valence-corrected chi connectivity index (χ1v) is 10.2. The Kier molecular flexibility index (Phi) is 6.64. The van der Waals surface area contributed by atoms with Crippen LogP contribution in [-0.2, 0) is 10.0 Å². The number of amides is 1. The van der Waals surface area contributed by atoms with E-state index in [-0.39, 0.29) is 10.8 Å². The molecule has 0 radical (unpaired) electrons. The molecule has 0 atom stereocenters. The van der Waals surface area contributed by atoms with Gasteiger partial charge in [0.1, 0.15) is 0 Å². The highest BCUT2D eigenvalue weighted by atomic mass is 32.2. The fourth-order valence-corrected chi connectivity index (χ4v) is 3.80. The first-order chi connectivity index (χ1) is 11.8. The van der Waals surface area contributed by atoms with Gasteiger partial charge in [-0.15, -0.1) is 11.8 Å². The van der Waals surface area contributed by atoms with Crippen molar-refractivity contribution >= 4 is 27.7 Å². The second-order valence-corrected chi connectivity index (χ2v) is 9.05. The molecule has 25 heavy (non-hydrogen) atoms. The average molecular weight is 379 g/mol. The maximum absolute atomic E-state index is 12.2. The molecule has 2 aromatic rings. The van der Waals surface area contributed by atoms with E-state index in [2.05, 4.69) is 29.6 Å². The summed E-state index contributed by atoms with van der Waals surface area (Å²) < 4.78 is 25.4. The van der Waals surface area contributed by atoms with Crippen molar-refractivity contribution in [3.63, 3.8) is 0 Å². The smallest absolute Gasteiger partial charge is 0.251 e. The van der Waals surface area contributed by atoms with Gasteiger partial charge < -0.3 is 5.32 Å². The van der Waals surface area contributed by atoms with E-state index < -0.39 is 10.0 Å². The Hall–Kier alpha value is -1.83. The molecular formula is C18H22N2O3S2. The Morgan fingerprint density at radius 3 is 2.44 bits per heavy atom. The first kappa shape index (κ1) is 19.5. The van der Waals surface area contributed by atoms with Crippen LogP contribution in [-0.4, -0.2) is 45.0 Å². The van der Waals surface area contributed by atoms with Gasteiger partial charge in [0, 0.05) is 36.9 Å². The lowest BCUT2D eigenvalue weighted by Crippen LogP contribution is -2.26. The number of rotatable bonds is 7. The summed E-state index contributed by atoms with van der Waals surface area (Å²) in [5.74, 6) is 0.463. The van der Waals surface area contributed by atoms with E-state index in [1.165, 1.54) is 31.8 Å². The maximum Gasteiger partial charge on any atom is 0.251 e. The SMILES string of the molecule is Cc1ccc(SCCNC(=O)c2cccc(S(=O)(=O)N(C)C)c2)cc1. The van der Waals surface area contributed by atoms with Gasteiger partial charge in [-0.3, -0.25) is 4.79 Å². The predicted octanol–water partition coefficient (Wildman–Crippen LogP) is 2.77. The van der Waals surface area contributed by atoms with E-state index in [1.807, 2.05) is 6.92 Å². The number of hydrogen-bond donors (Lipinski definition) is 1. The van der Waals surface area contributed by atoms with Gasteiger partial charge in [-0.05, 0) is 37.3 Å². The van der Waals surface area contributed by atoms with Gasteiger partial charge >= 0.3 is 0 Å². The summed E-state index contributed by atoms with van der Waals surface area (Å²) in [7, 11) is -0.623. The molecule has 0 saturated heterocycles. The van der Waals surface area contributed by atoms with Crippen molar-refractivity contribution in [1.29, 1.82) is 0 Å². The van der Waals surface area contributed by atoms with Crippen LogP contribution in [0.5, 0.6) is 0 Å². The minimum Gasteiger partial charge on any atom is -0.351 e. The third-order valence-corrected chi connectivity index (χ3v) is 6.38. The largest absolute Gasteiger partial charge is 0.351 e. The molecule has 0 aliphatic rings. The number of hydrogen-bond acceptors (Lipinski definition) is 4. The van der Waals surface area contributed by atoms with Crippen molar-refractivity contribution in [2.75, 3.05) is 26.4 Å². The monoisotopic (exact) mass is 378 g/mol. The minimum atomic E-state index is -3.55. The quantitative estimate of drug-likeness (QED) is 0.594. The maximum atomic E-state index is 12.2. The second kappa shape index (κ2) is 8.51. The Morgan fingerprint density at radius 1 is 1.12 bits per heavy atom. The fraction of sp³-hybridized carbons (Fsp3) is 0.278. The van der Waals surface area contributed by atoms with E-state index in [0.717, 1.165) is 15.0 Å². The second-order valence-electron chi connectivity index (χ2n) is 5.73. The van der Waals surface area contributed by atoms with Crippen molar-refractivity contribution in [3.05, 3.63) is 59.7 Å². The van der Waals surface area contributed by atoms with E-state index in [1.54, 1.807) is 23.9 Å². The van der Waals surface area contributed by atoms with Gasteiger partial charge in [0.15, 0.2) is 0 Å². The van der Waals surface area contributed by atoms with Gasteiger partial charge in [-0.25, -0.2) is 12.7 Å². The lowest BCUT2D eigenvalue weighted by Gasteiger charge is -2.12. The Balaban J connectivity index is 1.92. The standard InChI is InChI=1S/C18H22N2O3S2/c1-14-7-9-16(10-8-14)24-12-11-19-18(21)15-5-4-6-17(13-15)25(22,23)20(2)3/h4-10,13H,11-12H2,1-3H3,(H,19,21). The van der Waals surface area contributed by atoms with Crippen LogP contribution in [0.2, 0.25) is 0 Å². The third kappa shape index (κ3) is 5.32. The fourth-order valence-electron chi connectivity index (χ4n) is 2.08. The molecule has 1 N–H and O–H groups in total. The molecule has 0 unspecified atom stereocenters. The molecule has 0 fully saturated rings. The Morgan fingerprint density at radius 2 is 1.80 bits per heavy atom. The highest BCUT2D eigenvalue weighted by Crippen LogP contribution is 2.18. The normalized spacial score (nSPS) is 11.5. The van der Waals surface area contributed by atoms with E-state index in [9.17, 15) is 13.2 Å². The minimum absolute atomic E-state index is 0.110. The molecule has 0 aliphatic carbocycles. The highest BCUT2D eigenvalue weighted by Gasteiger charge is 2.18. The summed E-state index contributed by atoms with van der Waals surface area (Å²) in [5.41, 5.74) is 1.55. The van der Waals surface area contributed by atoms with Crippen LogP contribution in [0.1, 0.15) is 15.9 Å². The predicted molar refractivity (Wildman–Crippen MR) is 102 cm³/mol. The van der Waals surface area contributed by atoms with Crippen molar-refractivity contribution in [2.45, 2.75) is 16.7 Å².